The fraction of sp³-hybridized carbons (Fsp3) is 0.500. The molecule has 1 heterocycles. The molecule has 49 heavy (non-hydrogen) atoms. The first-order valence-corrected chi connectivity index (χ1v) is 17.6. The zero-order chi connectivity index (χ0) is 36.6. The maximum atomic E-state index is 11.4. The van der Waals surface area contributed by atoms with Gasteiger partial charge in [0.25, 0.3) is 0 Å². The van der Waals surface area contributed by atoms with Crippen molar-refractivity contribution < 1.29 is 24.5 Å². The lowest BCUT2D eigenvalue weighted by molar-refractivity contribution is -0.152. The second-order valence-corrected chi connectivity index (χ2v) is 15.9. The quantitative estimate of drug-likeness (QED) is 0.105. The van der Waals surface area contributed by atoms with E-state index < -0.39 is 11.2 Å². The Kier molecular flexibility index (Phi) is 13.5. The molecule has 2 aliphatic carbocycles. The third-order valence-corrected chi connectivity index (χ3v) is 9.68. The monoisotopic (exact) mass is 668 g/mol. The van der Waals surface area contributed by atoms with E-state index in [0.717, 1.165) is 34.3 Å². The van der Waals surface area contributed by atoms with Crippen molar-refractivity contribution >= 4 is 5.97 Å². The van der Waals surface area contributed by atoms with Gasteiger partial charge in [0.1, 0.15) is 6.10 Å². The summed E-state index contributed by atoms with van der Waals surface area (Å²) in [7, 11) is 0. The van der Waals surface area contributed by atoms with Gasteiger partial charge in [0.15, 0.2) is 0 Å². The minimum absolute atomic E-state index is 0.0610. The van der Waals surface area contributed by atoms with E-state index in [0.29, 0.717) is 19.3 Å². The van der Waals surface area contributed by atoms with Crippen LogP contribution in [0.5, 0.6) is 0 Å². The molecule has 3 rings (SSSR count). The van der Waals surface area contributed by atoms with Crippen LogP contribution in [-0.2, 0) is 14.3 Å². The van der Waals surface area contributed by atoms with Crippen LogP contribution in [0.1, 0.15) is 102 Å². The average Bonchev–Trinajstić information content (AvgIpc) is 3.31. The Morgan fingerprint density at radius 3 is 1.90 bits per heavy atom. The number of aliphatic hydroxyl groups excluding tert-OH is 1. The van der Waals surface area contributed by atoms with Crippen molar-refractivity contribution in [2.75, 3.05) is 0 Å². The topological polar surface area (TPSA) is 76.0 Å². The van der Waals surface area contributed by atoms with Crippen molar-refractivity contribution in [3.05, 3.63) is 124 Å². The number of hydrogen-bond acceptors (Lipinski definition) is 5. The number of fused-ring (bicyclic) bond motifs is 1. The van der Waals surface area contributed by atoms with Crippen LogP contribution in [0.4, 0.5) is 0 Å². The molecule has 0 amide bonds. The van der Waals surface area contributed by atoms with Crippen molar-refractivity contribution in [3.63, 3.8) is 0 Å². The summed E-state index contributed by atoms with van der Waals surface area (Å²) in [5.74, 6) is -0.319. The average molecular weight is 669 g/mol. The minimum atomic E-state index is -1.09. The second-order valence-electron chi connectivity index (χ2n) is 15.9. The number of ether oxygens (including phenoxy) is 2. The van der Waals surface area contributed by atoms with Crippen LogP contribution < -0.4 is 0 Å². The summed E-state index contributed by atoms with van der Waals surface area (Å²) in [5.41, 5.74) is 8.08. The Hall–Kier alpha value is -3.47. The van der Waals surface area contributed by atoms with E-state index in [2.05, 4.69) is 110 Å². The van der Waals surface area contributed by atoms with Crippen LogP contribution in [0, 0.1) is 10.8 Å². The maximum Gasteiger partial charge on any atom is 0.302 e. The summed E-state index contributed by atoms with van der Waals surface area (Å²) in [5, 5.41) is 21.5. The van der Waals surface area contributed by atoms with Gasteiger partial charge < -0.3 is 19.7 Å². The highest BCUT2D eigenvalue weighted by molar-refractivity contribution is 5.66. The van der Waals surface area contributed by atoms with Gasteiger partial charge in [0.2, 0.25) is 0 Å². The van der Waals surface area contributed by atoms with Gasteiger partial charge in [-0.05, 0) is 88.5 Å². The molecule has 0 aromatic rings. The number of aliphatic hydroxyl groups is 2. The Bertz CT molecular complexity index is 1550. The predicted molar refractivity (Wildman–Crippen MR) is 203 cm³/mol. The first-order valence-electron chi connectivity index (χ1n) is 17.6. The SMILES string of the molecule is CC(=O)O[C@H]1CC(C)(C)C(=C=C/C=C/C(C)=C/C=C/C(C)=C/C=C/C=C(C)/C=C/C=C(\C)[C@H]2C=C3C(C)(C)C[C@H](O)C[C@@]3(C)O2)[C@](C)(O)C1. The van der Waals surface area contributed by atoms with E-state index in [1.54, 1.807) is 6.92 Å². The molecule has 0 aromatic heterocycles. The van der Waals surface area contributed by atoms with E-state index in [9.17, 15) is 15.0 Å². The lowest BCUT2D eigenvalue weighted by Crippen LogP contribution is -2.46. The molecule has 2 saturated carbocycles. The lowest BCUT2D eigenvalue weighted by Gasteiger charge is -2.44. The van der Waals surface area contributed by atoms with Crippen LogP contribution in [0.2, 0.25) is 0 Å². The Morgan fingerprint density at radius 2 is 1.33 bits per heavy atom. The third-order valence-electron chi connectivity index (χ3n) is 9.68. The summed E-state index contributed by atoms with van der Waals surface area (Å²) in [4.78, 5) is 11.4. The molecular weight excluding hydrogens is 608 g/mol. The first-order chi connectivity index (χ1) is 22.7. The molecule has 5 heteroatoms. The zero-order valence-corrected chi connectivity index (χ0v) is 31.8. The number of rotatable bonds is 10. The van der Waals surface area contributed by atoms with Crippen molar-refractivity contribution in [2.45, 2.75) is 131 Å². The van der Waals surface area contributed by atoms with Crippen LogP contribution in [-0.4, -0.2) is 45.7 Å². The fourth-order valence-corrected chi connectivity index (χ4v) is 7.65. The van der Waals surface area contributed by atoms with E-state index in [4.69, 9.17) is 9.47 Å². The molecule has 266 valence electrons. The lowest BCUT2D eigenvalue weighted by atomic mass is 9.65. The Labute approximate surface area is 296 Å². The van der Waals surface area contributed by atoms with Gasteiger partial charge in [-0.15, -0.1) is 5.73 Å². The smallest absolute Gasteiger partial charge is 0.302 e. The van der Waals surface area contributed by atoms with E-state index in [1.807, 2.05) is 43.4 Å². The van der Waals surface area contributed by atoms with Crippen molar-refractivity contribution in [1.82, 2.24) is 0 Å². The van der Waals surface area contributed by atoms with Gasteiger partial charge in [0.05, 0.1) is 23.4 Å². The van der Waals surface area contributed by atoms with E-state index in [-0.39, 0.29) is 35.1 Å². The molecule has 3 aliphatic rings. The van der Waals surface area contributed by atoms with Crippen LogP contribution >= 0.6 is 0 Å². The largest absolute Gasteiger partial charge is 0.462 e. The van der Waals surface area contributed by atoms with Crippen LogP contribution in [0.15, 0.2) is 124 Å². The highest BCUT2D eigenvalue weighted by Crippen LogP contribution is 2.52. The summed E-state index contributed by atoms with van der Waals surface area (Å²) in [6, 6.07) is 0. The second kappa shape index (κ2) is 16.5. The minimum Gasteiger partial charge on any atom is -0.462 e. The number of carbonyl (C=O) groups excluding carboxylic acids is 1. The van der Waals surface area contributed by atoms with Gasteiger partial charge in [0, 0.05) is 25.3 Å². The summed E-state index contributed by atoms with van der Waals surface area (Å²) in [6.45, 7) is 22.1. The van der Waals surface area contributed by atoms with Gasteiger partial charge in [-0.2, -0.15) is 0 Å². The molecule has 0 bridgehead atoms. The van der Waals surface area contributed by atoms with Crippen molar-refractivity contribution in [2.24, 2.45) is 10.8 Å². The molecule has 5 atom stereocenters. The molecule has 2 fully saturated rings. The number of allylic oxidation sites excluding steroid dienone is 15. The highest BCUT2D eigenvalue weighted by atomic mass is 16.5. The number of carbonyl (C=O) groups is 1. The zero-order valence-electron chi connectivity index (χ0n) is 31.8. The summed E-state index contributed by atoms with van der Waals surface area (Å²) >= 11 is 0. The molecule has 5 nitrogen and oxygen atoms in total. The molecule has 0 unspecified atom stereocenters. The fourth-order valence-electron chi connectivity index (χ4n) is 7.65. The molecular formula is C44H60O5. The standard InChI is InChI=1S/C44H60O5/c1-31(21-16-22-32(2)20-14-15-25-39-42(8,9)29-37(48-35(5)45)30-43(39,10)47)18-12-13-19-33(3)23-17-24-34(4)38-26-40-41(6,7)27-36(46)28-44(40,11)49-38/h12-24,26,36-38,46-47H,27-30H2,1-11H3/b13-12+,20-14+,21-16+,23-17+,31-18+,32-22+,33-19+,34-24+/t25?,36-,37-,38+,43+,44+/m0/s1. The van der Waals surface area contributed by atoms with Crippen molar-refractivity contribution in [1.29, 1.82) is 0 Å². The van der Waals surface area contributed by atoms with Crippen molar-refractivity contribution in [3.8, 4) is 0 Å². The first kappa shape index (κ1) is 40.0. The molecule has 0 saturated heterocycles. The van der Waals surface area contributed by atoms with Crippen LogP contribution in [0.25, 0.3) is 0 Å². The maximum absolute atomic E-state index is 11.4. The number of esters is 1. The highest BCUT2D eigenvalue weighted by Gasteiger charge is 2.50. The predicted octanol–water partition coefficient (Wildman–Crippen LogP) is 9.85. The Morgan fingerprint density at radius 1 is 0.776 bits per heavy atom. The summed E-state index contributed by atoms with van der Waals surface area (Å²) < 4.78 is 11.9. The molecule has 2 N–H and O–H groups in total. The van der Waals surface area contributed by atoms with Crippen LogP contribution in [0.3, 0.4) is 0 Å². The third kappa shape index (κ3) is 11.5. The van der Waals surface area contributed by atoms with E-state index >= 15 is 0 Å². The number of hydrogen-bond donors (Lipinski definition) is 2. The molecule has 0 radical (unpaired) electrons. The van der Waals surface area contributed by atoms with Gasteiger partial charge in [-0.25, -0.2) is 0 Å². The van der Waals surface area contributed by atoms with Gasteiger partial charge in [-0.1, -0.05) is 117 Å². The Balaban J connectivity index is 1.52. The van der Waals surface area contributed by atoms with Gasteiger partial charge >= 0.3 is 5.97 Å². The normalized spacial score (nSPS) is 31.1. The van der Waals surface area contributed by atoms with E-state index in [1.165, 1.54) is 12.5 Å². The van der Waals surface area contributed by atoms with Gasteiger partial charge in [-0.3, -0.25) is 4.79 Å². The summed E-state index contributed by atoms with van der Waals surface area (Å²) in [6.07, 6.45) is 30.5. The molecule has 0 spiro atoms. The molecule has 1 aliphatic heterocycles. The molecule has 0 aromatic carbocycles.